The summed E-state index contributed by atoms with van der Waals surface area (Å²) in [4.78, 5) is 27.1. The summed E-state index contributed by atoms with van der Waals surface area (Å²) in [5.74, 6) is -0.591. The first-order valence-electron chi connectivity index (χ1n) is 10.6. The van der Waals surface area contributed by atoms with Gasteiger partial charge in [0.15, 0.2) is 0 Å². The molecule has 1 N–H and O–H groups in total. The molecule has 0 spiro atoms. The van der Waals surface area contributed by atoms with E-state index in [-0.39, 0.29) is 24.7 Å². The van der Waals surface area contributed by atoms with E-state index < -0.39 is 19.2 Å². The number of halogens is 1. The predicted octanol–water partition coefficient (Wildman–Crippen LogP) is 3.36. The van der Waals surface area contributed by atoms with Crippen molar-refractivity contribution in [2.45, 2.75) is 33.4 Å². The number of aromatic nitrogens is 3. The van der Waals surface area contributed by atoms with Crippen molar-refractivity contribution in [3.63, 3.8) is 0 Å². The summed E-state index contributed by atoms with van der Waals surface area (Å²) in [7, 11) is -2.99. The maximum absolute atomic E-state index is 13.3. The van der Waals surface area contributed by atoms with E-state index in [0.29, 0.717) is 23.2 Å². The molecule has 1 unspecified atom stereocenters. The van der Waals surface area contributed by atoms with E-state index in [1.165, 1.54) is 10.7 Å². The molecule has 3 rings (SSSR count). The molecule has 0 radical (unpaired) electrons. The molecule has 0 saturated carbocycles. The maximum atomic E-state index is 13.3. The number of nitrogens with one attached hydrogen (secondary N) is 1. The zero-order valence-electron chi connectivity index (χ0n) is 18.8. The van der Waals surface area contributed by atoms with Crippen molar-refractivity contribution in [2.75, 3.05) is 31.3 Å². The van der Waals surface area contributed by atoms with Crippen LogP contribution < -0.4 is 15.8 Å². The van der Waals surface area contributed by atoms with Gasteiger partial charge in [0.25, 0.3) is 5.91 Å². The highest BCUT2D eigenvalue weighted by atomic mass is 31.2. The molecule has 0 saturated heterocycles. The Bertz CT molecular complexity index is 1220. The van der Waals surface area contributed by atoms with Gasteiger partial charge in [-0.3, -0.25) is 14.0 Å². The van der Waals surface area contributed by atoms with Gasteiger partial charge in [-0.25, -0.2) is 4.79 Å². The SMILES string of the molecule is CCN(CC)c1ccc2oc(=O)c(C(=O)NCc3cn(CCCP(=O)(F)OC)nn3)cc2c1. The first-order chi connectivity index (χ1) is 15.8. The molecule has 2 aromatic heterocycles. The van der Waals surface area contributed by atoms with Gasteiger partial charge < -0.3 is 19.2 Å². The molecule has 0 bridgehead atoms. The van der Waals surface area contributed by atoms with Crippen LogP contribution in [-0.2, 0) is 22.2 Å². The number of carbonyl (C=O) groups excluding carboxylic acids is 1. The molecule has 1 atom stereocenters. The van der Waals surface area contributed by atoms with E-state index >= 15 is 0 Å². The minimum Gasteiger partial charge on any atom is -0.422 e. The number of rotatable bonds is 11. The highest BCUT2D eigenvalue weighted by Crippen LogP contribution is 2.48. The van der Waals surface area contributed by atoms with E-state index in [9.17, 15) is 18.4 Å². The molecular weight excluding hydrogens is 452 g/mol. The van der Waals surface area contributed by atoms with E-state index in [1.54, 1.807) is 12.3 Å². The van der Waals surface area contributed by atoms with Crippen molar-refractivity contribution in [2.24, 2.45) is 0 Å². The van der Waals surface area contributed by atoms with Crippen LogP contribution >= 0.6 is 7.68 Å². The fourth-order valence-electron chi connectivity index (χ4n) is 3.36. The molecule has 3 aromatic rings. The van der Waals surface area contributed by atoms with Gasteiger partial charge in [-0.15, -0.1) is 5.10 Å². The van der Waals surface area contributed by atoms with Crippen molar-refractivity contribution >= 4 is 30.2 Å². The number of benzene rings is 1. The van der Waals surface area contributed by atoms with Gasteiger partial charge in [0, 0.05) is 37.8 Å². The fraction of sp³-hybridized carbons (Fsp3) is 0.429. The Balaban J connectivity index is 1.66. The number of hydrogen-bond acceptors (Lipinski definition) is 8. The van der Waals surface area contributed by atoms with Crippen LogP contribution in [-0.4, -0.2) is 47.3 Å². The number of carbonyl (C=O) groups is 1. The normalized spacial score (nSPS) is 13.1. The summed E-state index contributed by atoms with van der Waals surface area (Å²) in [6.45, 7) is 6.08. The Kier molecular flexibility index (Phi) is 7.99. The third-order valence-electron chi connectivity index (χ3n) is 5.19. The summed E-state index contributed by atoms with van der Waals surface area (Å²) in [6, 6.07) is 7.00. The summed E-state index contributed by atoms with van der Waals surface area (Å²) >= 11 is 0. The van der Waals surface area contributed by atoms with Crippen molar-refractivity contribution in [1.82, 2.24) is 20.3 Å². The standard InChI is InChI=1S/C21H27FN5O5P/c1-4-26(5-2)17-7-8-19-15(11-17)12-18(21(29)32-19)20(28)23-13-16-14-27(25-24-16)9-6-10-33(22,30)31-3/h7-8,11-12,14H,4-6,9-10,13H2,1-3H3,(H,23,28). The van der Waals surface area contributed by atoms with Gasteiger partial charge in [0.05, 0.1) is 18.9 Å². The lowest BCUT2D eigenvalue weighted by atomic mass is 10.1. The summed E-state index contributed by atoms with van der Waals surface area (Å²) in [6.07, 6.45) is 1.61. The number of anilines is 1. The maximum Gasteiger partial charge on any atom is 0.367 e. The van der Waals surface area contributed by atoms with Crippen LogP contribution in [0.25, 0.3) is 11.0 Å². The van der Waals surface area contributed by atoms with Gasteiger partial charge in [0.1, 0.15) is 16.8 Å². The molecule has 1 aromatic carbocycles. The van der Waals surface area contributed by atoms with Gasteiger partial charge in [0.2, 0.25) is 0 Å². The van der Waals surface area contributed by atoms with Gasteiger partial charge in [-0.2, -0.15) is 4.20 Å². The third-order valence-corrected chi connectivity index (χ3v) is 6.59. The fourth-order valence-corrected chi connectivity index (χ4v) is 4.06. The van der Waals surface area contributed by atoms with Crippen LogP contribution in [0, 0.1) is 0 Å². The molecule has 1 amide bonds. The Morgan fingerprint density at radius 2 is 2.06 bits per heavy atom. The first-order valence-corrected chi connectivity index (χ1v) is 12.3. The molecule has 0 aliphatic rings. The zero-order chi connectivity index (χ0) is 24.0. The second-order valence-corrected chi connectivity index (χ2v) is 9.34. The molecule has 2 heterocycles. The van der Waals surface area contributed by atoms with Crippen LogP contribution in [0.4, 0.5) is 9.88 Å². The Morgan fingerprint density at radius 1 is 1.30 bits per heavy atom. The van der Waals surface area contributed by atoms with Gasteiger partial charge in [-0.05, 0) is 44.5 Å². The molecule has 0 fully saturated rings. The van der Waals surface area contributed by atoms with Crippen molar-refractivity contribution in [3.05, 3.63) is 52.1 Å². The minimum absolute atomic E-state index is 0.0372. The second kappa shape index (κ2) is 10.7. The summed E-state index contributed by atoms with van der Waals surface area (Å²) in [5.41, 5.74) is 0.992. The second-order valence-electron chi connectivity index (χ2n) is 7.35. The zero-order valence-corrected chi connectivity index (χ0v) is 19.7. The quantitative estimate of drug-likeness (QED) is 0.328. The van der Waals surface area contributed by atoms with E-state index in [2.05, 4.69) is 25.1 Å². The smallest absolute Gasteiger partial charge is 0.367 e. The molecule has 0 aliphatic heterocycles. The van der Waals surface area contributed by atoms with E-state index in [0.717, 1.165) is 25.9 Å². The monoisotopic (exact) mass is 479 g/mol. The van der Waals surface area contributed by atoms with Crippen molar-refractivity contribution < 1.29 is 22.5 Å². The lowest BCUT2D eigenvalue weighted by Gasteiger charge is -2.21. The number of fused-ring (bicyclic) bond motifs is 1. The first kappa shape index (κ1) is 24.6. The number of nitrogens with zero attached hydrogens (tertiary/aromatic N) is 4. The third kappa shape index (κ3) is 6.27. The van der Waals surface area contributed by atoms with Gasteiger partial charge in [-0.1, -0.05) is 5.21 Å². The molecule has 10 nitrogen and oxygen atoms in total. The highest BCUT2D eigenvalue weighted by Gasteiger charge is 2.19. The van der Waals surface area contributed by atoms with Gasteiger partial charge >= 0.3 is 13.3 Å². The summed E-state index contributed by atoms with van der Waals surface area (Å²) in [5, 5.41) is 11.1. The Hall–Kier alpha value is -3.04. The van der Waals surface area contributed by atoms with E-state index in [4.69, 9.17) is 4.42 Å². The number of amides is 1. The van der Waals surface area contributed by atoms with Crippen LogP contribution in [0.5, 0.6) is 0 Å². The Labute approximate surface area is 190 Å². The molecule has 0 aliphatic carbocycles. The van der Waals surface area contributed by atoms with Crippen LogP contribution in [0.15, 0.2) is 39.7 Å². The largest absolute Gasteiger partial charge is 0.422 e. The highest BCUT2D eigenvalue weighted by molar-refractivity contribution is 7.53. The molecule has 12 heteroatoms. The van der Waals surface area contributed by atoms with Crippen LogP contribution in [0.3, 0.4) is 0 Å². The van der Waals surface area contributed by atoms with Crippen LogP contribution in [0.1, 0.15) is 36.3 Å². The topological polar surface area (TPSA) is 120 Å². The molecule has 33 heavy (non-hydrogen) atoms. The number of aryl methyl sites for hydroxylation is 1. The Morgan fingerprint density at radius 3 is 2.76 bits per heavy atom. The molecule has 178 valence electrons. The van der Waals surface area contributed by atoms with E-state index in [1.807, 2.05) is 26.0 Å². The van der Waals surface area contributed by atoms with Crippen molar-refractivity contribution in [1.29, 1.82) is 0 Å². The number of hydrogen-bond donors (Lipinski definition) is 1. The van der Waals surface area contributed by atoms with Crippen molar-refractivity contribution in [3.8, 4) is 0 Å². The minimum atomic E-state index is -4.06. The molecular formula is C21H27FN5O5P. The lowest BCUT2D eigenvalue weighted by molar-refractivity contribution is 0.0947. The van der Waals surface area contributed by atoms with Crippen LogP contribution in [0.2, 0.25) is 0 Å². The average molecular weight is 479 g/mol. The lowest BCUT2D eigenvalue weighted by Crippen LogP contribution is -2.28. The predicted molar refractivity (Wildman–Crippen MR) is 122 cm³/mol. The average Bonchev–Trinajstić information content (AvgIpc) is 3.25. The summed E-state index contributed by atoms with van der Waals surface area (Å²) < 4.78 is 35.7.